The average Bonchev–Trinajstić information content (AvgIpc) is 3.11. The van der Waals surface area contributed by atoms with Gasteiger partial charge in [0.25, 0.3) is 0 Å². The third-order valence-electron chi connectivity index (χ3n) is 11.3. The van der Waals surface area contributed by atoms with Crippen molar-refractivity contribution >= 4 is 5.97 Å². The lowest BCUT2D eigenvalue weighted by molar-refractivity contribution is -0.190. The fourth-order valence-corrected chi connectivity index (χ4v) is 9.70. The molecule has 4 aliphatic rings. The lowest BCUT2D eigenvalue weighted by atomic mass is 9.44. The summed E-state index contributed by atoms with van der Waals surface area (Å²) < 4.78 is 6.06. The number of hydrogen-bond acceptors (Lipinski definition) is 3. The van der Waals surface area contributed by atoms with Crippen molar-refractivity contribution < 1.29 is 9.53 Å². The van der Waals surface area contributed by atoms with E-state index in [0.717, 1.165) is 47.8 Å². The summed E-state index contributed by atoms with van der Waals surface area (Å²) in [5.41, 5.74) is 6.33. The fourth-order valence-electron chi connectivity index (χ4n) is 9.70. The van der Waals surface area contributed by atoms with Gasteiger partial charge in [-0.1, -0.05) is 53.9 Å². The fraction of sp³-hybridized carbons (Fsp3) is 0.966. The molecule has 4 fully saturated rings. The molecule has 184 valence electrons. The molecule has 0 amide bonds. The third kappa shape index (κ3) is 4.18. The predicted octanol–water partition coefficient (Wildman–Crippen LogP) is 6.98. The number of carbonyl (C=O) groups excluding carboxylic acids is 1. The number of esters is 1. The summed E-state index contributed by atoms with van der Waals surface area (Å²) in [5.74, 6) is 5.57. The van der Waals surface area contributed by atoms with E-state index >= 15 is 0 Å². The first kappa shape index (κ1) is 24.6. The quantitative estimate of drug-likeness (QED) is 0.430. The van der Waals surface area contributed by atoms with Crippen LogP contribution < -0.4 is 5.73 Å². The average molecular weight is 446 g/mol. The molecular formula is C29H51NO2. The van der Waals surface area contributed by atoms with Gasteiger partial charge in [0.05, 0.1) is 6.54 Å². The Bertz CT molecular complexity index is 662. The smallest absolute Gasteiger partial charge is 0.319 e. The van der Waals surface area contributed by atoms with E-state index in [1.807, 2.05) is 0 Å². The van der Waals surface area contributed by atoms with Crippen LogP contribution in [0.25, 0.3) is 0 Å². The Morgan fingerprint density at radius 3 is 2.47 bits per heavy atom. The molecule has 3 nitrogen and oxygen atoms in total. The molecule has 0 bridgehead atoms. The van der Waals surface area contributed by atoms with E-state index in [-0.39, 0.29) is 24.0 Å². The van der Waals surface area contributed by atoms with Crippen LogP contribution in [-0.2, 0) is 9.53 Å². The van der Waals surface area contributed by atoms with E-state index in [2.05, 4.69) is 34.6 Å². The van der Waals surface area contributed by atoms with Gasteiger partial charge in [-0.25, -0.2) is 0 Å². The summed E-state index contributed by atoms with van der Waals surface area (Å²) in [6.45, 7) is 12.5. The zero-order valence-electron chi connectivity index (χ0n) is 21.7. The first-order valence-corrected chi connectivity index (χ1v) is 14.1. The second-order valence-electron chi connectivity index (χ2n) is 13.2. The van der Waals surface area contributed by atoms with Crippen molar-refractivity contribution in [1.29, 1.82) is 0 Å². The van der Waals surface area contributed by atoms with Crippen LogP contribution in [0.5, 0.6) is 0 Å². The molecule has 32 heavy (non-hydrogen) atoms. The summed E-state index contributed by atoms with van der Waals surface area (Å²) >= 11 is 0. The first-order chi connectivity index (χ1) is 15.2. The van der Waals surface area contributed by atoms with Gasteiger partial charge in [0.2, 0.25) is 0 Å². The van der Waals surface area contributed by atoms with Gasteiger partial charge in [0.15, 0.2) is 0 Å². The summed E-state index contributed by atoms with van der Waals surface area (Å²) in [7, 11) is 0. The van der Waals surface area contributed by atoms with Crippen molar-refractivity contribution in [3.8, 4) is 0 Å². The molecule has 0 aromatic rings. The van der Waals surface area contributed by atoms with Crippen molar-refractivity contribution in [2.24, 2.45) is 58.0 Å². The van der Waals surface area contributed by atoms with Crippen LogP contribution in [0, 0.1) is 52.3 Å². The molecular weight excluding hydrogens is 394 g/mol. The van der Waals surface area contributed by atoms with Gasteiger partial charge in [0, 0.05) is 5.41 Å². The second-order valence-corrected chi connectivity index (χ2v) is 13.2. The molecule has 4 rings (SSSR count). The van der Waals surface area contributed by atoms with Crippen molar-refractivity contribution in [2.75, 3.05) is 6.54 Å². The molecule has 4 aliphatic carbocycles. The van der Waals surface area contributed by atoms with Crippen LogP contribution in [0.4, 0.5) is 0 Å². The molecule has 0 radical (unpaired) electrons. The molecule has 2 N–H and O–H groups in total. The molecule has 0 spiro atoms. The van der Waals surface area contributed by atoms with Crippen molar-refractivity contribution in [2.45, 2.75) is 118 Å². The maximum atomic E-state index is 12.2. The van der Waals surface area contributed by atoms with Gasteiger partial charge in [-0.15, -0.1) is 0 Å². The molecule has 3 heteroatoms. The number of nitrogens with two attached hydrogens (primary N) is 1. The van der Waals surface area contributed by atoms with Gasteiger partial charge in [-0.2, -0.15) is 0 Å². The minimum Gasteiger partial charge on any atom is -0.461 e. The standard InChI is InChI=1S/C29H51NO2/c1-19(2)8-6-9-20(3)23-14-15-24-22-13-12-21-10-7-11-26(32-27(31)18-30)29(21,5)25(22)16-17-28(23,24)4/h19-26H,6-18,30H2,1-5H3/t20-,21-,22+,23-,24+,25+,26?,28-,29+/m1/s1. The van der Waals surface area contributed by atoms with Crippen molar-refractivity contribution in [1.82, 2.24) is 0 Å². The molecule has 4 saturated carbocycles. The van der Waals surface area contributed by atoms with E-state index in [4.69, 9.17) is 10.5 Å². The molecule has 1 unspecified atom stereocenters. The topological polar surface area (TPSA) is 52.3 Å². The Hall–Kier alpha value is -0.570. The minimum absolute atomic E-state index is 0.0163. The van der Waals surface area contributed by atoms with Crippen molar-refractivity contribution in [3.05, 3.63) is 0 Å². The highest BCUT2D eigenvalue weighted by Crippen LogP contribution is 2.68. The SMILES string of the molecule is CC(C)CCC[C@@H](C)[C@H]1CC[C@H]2[C@@H]3CC[C@H]4CCCC(OC(=O)CN)[C@]4(C)[C@H]3CC[C@]12C. The molecule has 0 aromatic carbocycles. The number of fused-ring (bicyclic) bond motifs is 5. The van der Waals surface area contributed by atoms with E-state index in [1.54, 1.807) is 0 Å². The molecule has 9 atom stereocenters. The Labute approximate surface area is 198 Å². The van der Waals surface area contributed by atoms with Gasteiger partial charge in [-0.05, 0) is 105 Å². The van der Waals surface area contributed by atoms with E-state index in [0.29, 0.717) is 5.41 Å². The Morgan fingerprint density at radius 2 is 1.75 bits per heavy atom. The summed E-state index contributed by atoms with van der Waals surface area (Å²) in [6.07, 6.45) is 16.2. The normalized spacial score (nSPS) is 44.5. The zero-order valence-corrected chi connectivity index (χ0v) is 21.7. The maximum absolute atomic E-state index is 12.2. The second kappa shape index (κ2) is 9.59. The van der Waals surface area contributed by atoms with Crippen LogP contribution in [0.1, 0.15) is 112 Å². The monoisotopic (exact) mass is 445 g/mol. The van der Waals surface area contributed by atoms with Crippen LogP contribution in [0.2, 0.25) is 0 Å². The lowest BCUT2D eigenvalue weighted by Crippen LogP contribution is -2.58. The zero-order chi connectivity index (χ0) is 23.1. The third-order valence-corrected chi connectivity index (χ3v) is 11.3. The van der Waals surface area contributed by atoms with Gasteiger partial charge >= 0.3 is 5.97 Å². The molecule has 0 aromatic heterocycles. The predicted molar refractivity (Wildman–Crippen MR) is 132 cm³/mol. The number of hydrogen-bond donors (Lipinski definition) is 1. The van der Waals surface area contributed by atoms with E-state index in [1.165, 1.54) is 70.6 Å². The summed E-state index contributed by atoms with van der Waals surface area (Å²) in [6, 6.07) is 0. The Morgan fingerprint density at radius 1 is 0.969 bits per heavy atom. The Balaban J connectivity index is 1.51. The van der Waals surface area contributed by atoms with E-state index in [9.17, 15) is 4.79 Å². The van der Waals surface area contributed by atoms with Gasteiger partial charge in [-0.3, -0.25) is 4.79 Å². The highest BCUT2D eigenvalue weighted by molar-refractivity contribution is 5.71. The minimum atomic E-state index is -0.198. The molecule has 0 saturated heterocycles. The lowest BCUT2D eigenvalue weighted by Gasteiger charge is -2.62. The van der Waals surface area contributed by atoms with Gasteiger partial charge in [0.1, 0.15) is 6.10 Å². The Kier molecular flexibility index (Phi) is 7.36. The highest BCUT2D eigenvalue weighted by Gasteiger charge is 2.62. The maximum Gasteiger partial charge on any atom is 0.319 e. The van der Waals surface area contributed by atoms with Crippen LogP contribution in [-0.4, -0.2) is 18.6 Å². The number of carbonyl (C=O) groups is 1. The number of rotatable bonds is 7. The number of ether oxygens (including phenoxy) is 1. The molecule has 0 aliphatic heterocycles. The van der Waals surface area contributed by atoms with Crippen LogP contribution in [0.15, 0.2) is 0 Å². The van der Waals surface area contributed by atoms with Crippen LogP contribution in [0.3, 0.4) is 0 Å². The largest absolute Gasteiger partial charge is 0.461 e. The first-order valence-electron chi connectivity index (χ1n) is 14.1. The highest BCUT2D eigenvalue weighted by atomic mass is 16.5. The summed E-state index contributed by atoms with van der Waals surface area (Å²) in [4.78, 5) is 12.2. The van der Waals surface area contributed by atoms with E-state index < -0.39 is 0 Å². The van der Waals surface area contributed by atoms with Crippen LogP contribution >= 0.6 is 0 Å². The molecule has 0 heterocycles. The van der Waals surface area contributed by atoms with Crippen molar-refractivity contribution in [3.63, 3.8) is 0 Å². The van der Waals surface area contributed by atoms with Gasteiger partial charge < -0.3 is 10.5 Å². The summed E-state index contributed by atoms with van der Waals surface area (Å²) in [5, 5.41) is 0.